The van der Waals surface area contributed by atoms with Gasteiger partial charge >= 0.3 is 0 Å². The standard InChI is InChI=1S/C27H28ClNO/c1-26(2,3)18-9-13-23-21(15-18)22-16-19(27(4,5)6)10-14-24(22)29(23)20-11-7-17(8-12-20)25(28)30/h7-16H,1-6H3. The third-order valence-electron chi connectivity index (χ3n) is 5.85. The maximum Gasteiger partial charge on any atom is 0.252 e. The van der Waals surface area contributed by atoms with E-state index in [2.05, 4.69) is 82.5 Å². The number of aromatic nitrogens is 1. The lowest BCUT2D eigenvalue weighted by atomic mass is 9.85. The highest BCUT2D eigenvalue weighted by Crippen LogP contribution is 2.37. The lowest BCUT2D eigenvalue weighted by molar-refractivity contribution is 0.108. The Morgan fingerprint density at radius 1 is 0.700 bits per heavy atom. The summed E-state index contributed by atoms with van der Waals surface area (Å²) < 4.78 is 2.27. The minimum atomic E-state index is -0.437. The first-order valence-electron chi connectivity index (χ1n) is 10.4. The van der Waals surface area contributed by atoms with Gasteiger partial charge in [0.05, 0.1) is 11.0 Å². The molecule has 3 aromatic carbocycles. The fraction of sp³-hybridized carbons (Fsp3) is 0.296. The normalized spacial score (nSPS) is 12.6. The quantitative estimate of drug-likeness (QED) is 0.305. The van der Waals surface area contributed by atoms with E-state index in [0.717, 1.165) is 16.7 Å². The van der Waals surface area contributed by atoms with Gasteiger partial charge in [-0.05, 0) is 82.1 Å². The van der Waals surface area contributed by atoms with Gasteiger partial charge in [-0.2, -0.15) is 0 Å². The van der Waals surface area contributed by atoms with Crippen LogP contribution in [0.5, 0.6) is 0 Å². The van der Waals surface area contributed by atoms with Crippen LogP contribution in [0.15, 0.2) is 60.7 Å². The van der Waals surface area contributed by atoms with Gasteiger partial charge in [-0.1, -0.05) is 53.7 Å². The second kappa shape index (κ2) is 6.99. The smallest absolute Gasteiger partial charge is 0.252 e. The average molecular weight is 418 g/mol. The summed E-state index contributed by atoms with van der Waals surface area (Å²) in [7, 11) is 0. The largest absolute Gasteiger partial charge is 0.309 e. The van der Waals surface area contributed by atoms with Crippen LogP contribution >= 0.6 is 11.6 Å². The summed E-state index contributed by atoms with van der Waals surface area (Å²) in [5.74, 6) is 0. The van der Waals surface area contributed by atoms with Crippen LogP contribution in [0.2, 0.25) is 0 Å². The van der Waals surface area contributed by atoms with Gasteiger partial charge in [0, 0.05) is 22.0 Å². The molecule has 1 aromatic heterocycles. The molecule has 0 atom stereocenters. The summed E-state index contributed by atoms with van der Waals surface area (Å²) in [5.41, 5.74) is 6.63. The van der Waals surface area contributed by atoms with E-state index < -0.39 is 5.24 Å². The molecule has 4 rings (SSSR count). The van der Waals surface area contributed by atoms with E-state index in [4.69, 9.17) is 11.6 Å². The molecule has 0 saturated carbocycles. The van der Waals surface area contributed by atoms with Gasteiger partial charge in [0.2, 0.25) is 0 Å². The Kier molecular flexibility index (Phi) is 4.82. The van der Waals surface area contributed by atoms with Gasteiger partial charge in [0.1, 0.15) is 0 Å². The summed E-state index contributed by atoms with van der Waals surface area (Å²) in [6.45, 7) is 13.5. The zero-order valence-electron chi connectivity index (χ0n) is 18.5. The molecular formula is C27H28ClNO. The zero-order chi connectivity index (χ0) is 21.8. The summed E-state index contributed by atoms with van der Waals surface area (Å²) in [4.78, 5) is 11.5. The predicted molar refractivity (Wildman–Crippen MR) is 128 cm³/mol. The summed E-state index contributed by atoms with van der Waals surface area (Å²) in [6.07, 6.45) is 0. The predicted octanol–water partition coefficient (Wildman–Crippen LogP) is 7.76. The van der Waals surface area contributed by atoms with E-state index in [-0.39, 0.29) is 10.8 Å². The molecule has 0 spiro atoms. The minimum Gasteiger partial charge on any atom is -0.309 e. The van der Waals surface area contributed by atoms with Crippen molar-refractivity contribution in [2.75, 3.05) is 0 Å². The molecule has 30 heavy (non-hydrogen) atoms. The molecule has 1 heterocycles. The highest BCUT2D eigenvalue weighted by atomic mass is 35.5. The van der Waals surface area contributed by atoms with Gasteiger partial charge in [0.25, 0.3) is 5.24 Å². The molecule has 0 unspecified atom stereocenters. The monoisotopic (exact) mass is 417 g/mol. The molecule has 0 aliphatic carbocycles. The van der Waals surface area contributed by atoms with Crippen molar-refractivity contribution in [2.24, 2.45) is 0 Å². The second-order valence-electron chi connectivity index (χ2n) is 10.1. The molecule has 2 nitrogen and oxygen atoms in total. The summed E-state index contributed by atoms with van der Waals surface area (Å²) in [6, 6.07) is 21.0. The second-order valence-corrected chi connectivity index (χ2v) is 10.5. The first-order chi connectivity index (χ1) is 14.0. The average Bonchev–Trinajstić information content (AvgIpc) is 2.99. The van der Waals surface area contributed by atoms with Crippen LogP contribution in [0, 0.1) is 0 Å². The molecule has 0 radical (unpaired) electrons. The van der Waals surface area contributed by atoms with Crippen molar-refractivity contribution in [1.29, 1.82) is 0 Å². The Hall–Kier alpha value is -2.58. The van der Waals surface area contributed by atoms with E-state index in [9.17, 15) is 4.79 Å². The van der Waals surface area contributed by atoms with Crippen molar-refractivity contribution < 1.29 is 4.79 Å². The zero-order valence-corrected chi connectivity index (χ0v) is 19.3. The molecule has 0 amide bonds. The van der Waals surface area contributed by atoms with Crippen molar-refractivity contribution in [1.82, 2.24) is 4.57 Å². The van der Waals surface area contributed by atoms with Crippen LogP contribution in [0.1, 0.15) is 63.0 Å². The number of rotatable bonds is 2. The summed E-state index contributed by atoms with van der Waals surface area (Å²) in [5, 5.41) is 2.07. The van der Waals surface area contributed by atoms with Gasteiger partial charge in [-0.15, -0.1) is 0 Å². The number of halogens is 1. The maximum atomic E-state index is 11.5. The van der Waals surface area contributed by atoms with Crippen LogP contribution < -0.4 is 0 Å². The molecule has 0 bridgehead atoms. The lowest BCUT2D eigenvalue weighted by Crippen LogP contribution is -2.10. The van der Waals surface area contributed by atoms with E-state index in [1.165, 1.54) is 21.9 Å². The van der Waals surface area contributed by atoms with Gasteiger partial charge in [0.15, 0.2) is 0 Å². The molecule has 154 valence electrons. The number of carbonyl (C=O) groups excluding carboxylic acids is 1. The van der Waals surface area contributed by atoms with Crippen LogP contribution in [-0.4, -0.2) is 9.81 Å². The molecule has 0 aliphatic rings. The Bertz CT molecular complexity index is 1190. The van der Waals surface area contributed by atoms with Crippen LogP contribution in [0.3, 0.4) is 0 Å². The van der Waals surface area contributed by atoms with Gasteiger partial charge in [-0.3, -0.25) is 4.79 Å². The van der Waals surface area contributed by atoms with Gasteiger partial charge < -0.3 is 4.57 Å². The molecule has 0 saturated heterocycles. The van der Waals surface area contributed by atoms with Gasteiger partial charge in [-0.25, -0.2) is 0 Å². The number of benzene rings is 3. The Labute approximate surface area is 183 Å². The molecule has 0 N–H and O–H groups in total. The molecule has 4 aromatic rings. The van der Waals surface area contributed by atoms with Crippen LogP contribution in [0.25, 0.3) is 27.5 Å². The van der Waals surface area contributed by atoms with Crippen molar-refractivity contribution in [3.63, 3.8) is 0 Å². The SMILES string of the molecule is CC(C)(C)c1ccc2c(c1)c1cc(C(C)(C)C)ccc1n2-c1ccc(C(=O)Cl)cc1. The van der Waals surface area contributed by atoms with Crippen molar-refractivity contribution >= 4 is 38.6 Å². The lowest BCUT2D eigenvalue weighted by Gasteiger charge is -2.19. The number of carbonyl (C=O) groups is 1. The number of hydrogen-bond donors (Lipinski definition) is 0. The topological polar surface area (TPSA) is 22.0 Å². The van der Waals surface area contributed by atoms with E-state index in [0.29, 0.717) is 5.56 Å². The molecule has 0 fully saturated rings. The minimum absolute atomic E-state index is 0.0760. The number of fused-ring (bicyclic) bond motifs is 3. The fourth-order valence-electron chi connectivity index (χ4n) is 3.98. The highest BCUT2D eigenvalue weighted by molar-refractivity contribution is 6.67. The van der Waals surface area contributed by atoms with Crippen molar-refractivity contribution in [2.45, 2.75) is 52.4 Å². The highest BCUT2D eigenvalue weighted by Gasteiger charge is 2.20. The maximum absolute atomic E-state index is 11.5. The molecular weight excluding hydrogens is 390 g/mol. The molecule has 0 aliphatic heterocycles. The fourth-order valence-corrected chi connectivity index (χ4v) is 4.10. The third kappa shape index (κ3) is 3.54. The van der Waals surface area contributed by atoms with E-state index in [1.807, 2.05) is 12.1 Å². The number of hydrogen-bond acceptors (Lipinski definition) is 1. The van der Waals surface area contributed by atoms with Crippen LogP contribution in [0.4, 0.5) is 0 Å². The summed E-state index contributed by atoms with van der Waals surface area (Å²) >= 11 is 5.65. The Morgan fingerprint density at radius 3 is 1.50 bits per heavy atom. The number of nitrogens with zero attached hydrogens (tertiary/aromatic N) is 1. The van der Waals surface area contributed by atoms with Crippen molar-refractivity contribution in [3.05, 3.63) is 77.4 Å². The third-order valence-corrected chi connectivity index (χ3v) is 6.07. The molecule has 3 heteroatoms. The Balaban J connectivity index is 2.06. The van der Waals surface area contributed by atoms with Crippen LogP contribution in [-0.2, 0) is 10.8 Å². The Morgan fingerprint density at radius 2 is 1.13 bits per heavy atom. The van der Waals surface area contributed by atoms with E-state index >= 15 is 0 Å². The van der Waals surface area contributed by atoms with E-state index in [1.54, 1.807) is 12.1 Å². The van der Waals surface area contributed by atoms with Crippen molar-refractivity contribution in [3.8, 4) is 5.69 Å². The first kappa shape index (κ1) is 20.7. The first-order valence-corrected chi connectivity index (χ1v) is 10.7.